The molecule has 11 nitrogen and oxygen atoms in total. The van der Waals surface area contributed by atoms with Crippen molar-refractivity contribution in [3.8, 4) is 22.4 Å². The fourth-order valence-corrected chi connectivity index (χ4v) is 5.23. The second-order valence-electron chi connectivity index (χ2n) is 8.61. The second-order valence-corrected chi connectivity index (χ2v) is 9.61. The maximum atomic E-state index is 15.8. The maximum absolute atomic E-state index is 15.8. The van der Waals surface area contributed by atoms with E-state index in [1.54, 1.807) is 37.6 Å². The smallest absolute Gasteiger partial charge is 0.321 e. The fraction of sp³-hybridized carbons (Fsp3) is 0.280. The summed E-state index contributed by atoms with van der Waals surface area (Å²) in [5.41, 5.74) is 2.19. The highest BCUT2D eigenvalue weighted by atomic mass is 32.1. The molecule has 3 aromatic heterocycles. The van der Waals surface area contributed by atoms with Crippen molar-refractivity contribution in [1.82, 2.24) is 30.2 Å². The van der Waals surface area contributed by atoms with Crippen LogP contribution in [0.4, 0.5) is 20.3 Å². The number of pyridine rings is 1. The van der Waals surface area contributed by atoms with Gasteiger partial charge in [-0.1, -0.05) is 17.4 Å². The molecule has 196 valence electrons. The number of carboxylic acids is 1. The van der Waals surface area contributed by atoms with E-state index in [1.807, 2.05) is 21.9 Å². The van der Waals surface area contributed by atoms with Crippen molar-refractivity contribution in [1.29, 1.82) is 0 Å². The van der Waals surface area contributed by atoms with Gasteiger partial charge in [0.25, 0.3) is 0 Å². The Morgan fingerprint density at radius 3 is 2.53 bits per heavy atom. The van der Waals surface area contributed by atoms with Crippen LogP contribution in [0.25, 0.3) is 32.6 Å². The van der Waals surface area contributed by atoms with Crippen LogP contribution in [0, 0.1) is 5.82 Å². The molecule has 1 fully saturated rings. The molecule has 5 rings (SSSR count). The summed E-state index contributed by atoms with van der Waals surface area (Å²) in [6.07, 6.45) is 4.80. The molecule has 1 saturated heterocycles. The number of halogens is 1. The number of amides is 2. The van der Waals surface area contributed by atoms with Crippen LogP contribution >= 0.6 is 11.3 Å². The Morgan fingerprint density at radius 1 is 1.11 bits per heavy atom. The van der Waals surface area contributed by atoms with E-state index in [0.29, 0.717) is 60.2 Å². The van der Waals surface area contributed by atoms with Crippen molar-refractivity contribution in [3.63, 3.8) is 0 Å². The third-order valence-corrected chi connectivity index (χ3v) is 7.07. The average Bonchev–Trinajstić information content (AvgIpc) is 3.34. The second kappa shape index (κ2) is 11.0. The first-order valence-corrected chi connectivity index (χ1v) is 12.9. The molecule has 4 aromatic rings. The third-order valence-electron chi connectivity index (χ3n) is 6.07. The van der Waals surface area contributed by atoms with Crippen molar-refractivity contribution < 1.29 is 19.1 Å². The monoisotopic (exact) mass is 536 g/mol. The summed E-state index contributed by atoms with van der Waals surface area (Å²) >= 11 is 1.17. The van der Waals surface area contributed by atoms with E-state index in [2.05, 4.69) is 30.6 Å². The van der Waals surface area contributed by atoms with E-state index in [-0.39, 0.29) is 22.8 Å². The third kappa shape index (κ3) is 5.38. The van der Waals surface area contributed by atoms with Crippen molar-refractivity contribution in [3.05, 3.63) is 48.7 Å². The molecule has 0 spiro atoms. The maximum Gasteiger partial charge on any atom is 0.321 e. The molecule has 0 radical (unpaired) electrons. The zero-order valence-corrected chi connectivity index (χ0v) is 21.3. The van der Waals surface area contributed by atoms with Gasteiger partial charge in [-0.3, -0.25) is 20.0 Å². The number of thiazole rings is 1. The molecule has 38 heavy (non-hydrogen) atoms. The molecule has 2 amide bonds. The van der Waals surface area contributed by atoms with Crippen LogP contribution in [0.2, 0.25) is 0 Å². The van der Waals surface area contributed by atoms with Crippen molar-refractivity contribution in [2.45, 2.75) is 6.92 Å². The van der Waals surface area contributed by atoms with Crippen LogP contribution in [-0.4, -0.2) is 81.2 Å². The van der Waals surface area contributed by atoms with Crippen molar-refractivity contribution in [2.24, 2.45) is 0 Å². The SMILES string of the molecule is CCNC(=O)Nc1nc2c(F)c(-c3cnc(N4CCN(CC(=O)O)CC4)nc3)cc(-c3ccccn3)c2s1. The minimum atomic E-state index is -0.852. The number of piperazine rings is 1. The lowest BCUT2D eigenvalue weighted by molar-refractivity contribution is -0.138. The van der Waals surface area contributed by atoms with Gasteiger partial charge in [0.05, 0.1) is 16.9 Å². The van der Waals surface area contributed by atoms with Crippen LogP contribution in [0.5, 0.6) is 0 Å². The Labute approximate surface area is 221 Å². The molecule has 3 N–H and O–H groups in total. The number of hydrogen-bond acceptors (Lipinski definition) is 9. The standard InChI is InChI=1S/C25H25FN8O3S/c1-2-27-24(37)32-25-31-21-20(26)16(11-17(22(21)38-25)18-5-3-4-6-28-18)15-12-29-23(30-13-15)34-9-7-33(8-10-34)14-19(35)36/h3-6,11-13H,2,7-10,14H2,1H3,(H,35,36)(H2,27,31,32,37). The topological polar surface area (TPSA) is 136 Å². The highest BCUT2D eigenvalue weighted by Crippen LogP contribution is 2.40. The first-order valence-electron chi connectivity index (χ1n) is 12.0. The number of anilines is 2. The normalized spacial score (nSPS) is 14.0. The number of aromatic nitrogens is 4. The Hall–Kier alpha value is -4.23. The van der Waals surface area contributed by atoms with Gasteiger partial charge in [0.1, 0.15) is 5.52 Å². The molecule has 13 heteroatoms. The van der Waals surface area contributed by atoms with Gasteiger partial charge < -0.3 is 15.3 Å². The van der Waals surface area contributed by atoms with E-state index in [1.165, 1.54) is 11.3 Å². The summed E-state index contributed by atoms with van der Waals surface area (Å²) in [6.45, 7) is 4.62. The minimum Gasteiger partial charge on any atom is -0.480 e. The van der Waals surface area contributed by atoms with Crippen LogP contribution in [0.15, 0.2) is 42.9 Å². The lowest BCUT2D eigenvalue weighted by Gasteiger charge is -2.33. The van der Waals surface area contributed by atoms with E-state index in [0.717, 1.165) is 0 Å². The zero-order chi connectivity index (χ0) is 26.6. The van der Waals surface area contributed by atoms with E-state index >= 15 is 4.39 Å². The summed E-state index contributed by atoms with van der Waals surface area (Å²) in [7, 11) is 0. The van der Waals surface area contributed by atoms with Gasteiger partial charge in [0.2, 0.25) is 5.95 Å². The average molecular weight is 537 g/mol. The first-order chi connectivity index (χ1) is 18.4. The molecular weight excluding hydrogens is 511 g/mol. The summed E-state index contributed by atoms with van der Waals surface area (Å²) in [6, 6.07) is 6.77. The number of nitrogens with zero attached hydrogens (tertiary/aromatic N) is 6. The lowest BCUT2D eigenvalue weighted by Crippen LogP contribution is -2.48. The van der Waals surface area contributed by atoms with E-state index < -0.39 is 17.8 Å². The van der Waals surface area contributed by atoms with Crippen LogP contribution in [0.1, 0.15) is 6.92 Å². The number of aliphatic carboxylic acids is 1. The Morgan fingerprint density at radius 2 is 1.87 bits per heavy atom. The molecular formula is C25H25FN8O3S. The van der Waals surface area contributed by atoms with Gasteiger partial charge in [-0.2, -0.15) is 0 Å². The lowest BCUT2D eigenvalue weighted by atomic mass is 10.0. The summed E-state index contributed by atoms with van der Waals surface area (Å²) in [5.74, 6) is -0.897. The van der Waals surface area contributed by atoms with Crippen LogP contribution < -0.4 is 15.5 Å². The van der Waals surface area contributed by atoms with Crippen molar-refractivity contribution >= 4 is 44.6 Å². The molecule has 0 unspecified atom stereocenters. The van der Waals surface area contributed by atoms with Crippen molar-refractivity contribution in [2.75, 3.05) is 49.5 Å². The number of carbonyl (C=O) groups excluding carboxylic acids is 1. The number of nitrogens with one attached hydrogen (secondary N) is 2. The molecule has 1 aliphatic heterocycles. The fourth-order valence-electron chi connectivity index (χ4n) is 4.25. The highest BCUT2D eigenvalue weighted by molar-refractivity contribution is 7.22. The van der Waals surface area contributed by atoms with Gasteiger partial charge >= 0.3 is 12.0 Å². The number of hydrogen-bond donors (Lipinski definition) is 3. The summed E-state index contributed by atoms with van der Waals surface area (Å²) in [4.78, 5) is 44.6. The van der Waals surface area contributed by atoms with Gasteiger partial charge in [0, 0.05) is 68.0 Å². The summed E-state index contributed by atoms with van der Waals surface area (Å²) < 4.78 is 16.4. The number of urea groups is 1. The predicted octanol–water partition coefficient (Wildman–Crippen LogP) is 3.30. The van der Waals surface area contributed by atoms with Gasteiger partial charge in [0.15, 0.2) is 10.9 Å². The highest BCUT2D eigenvalue weighted by Gasteiger charge is 2.23. The van der Waals surface area contributed by atoms with Crippen LogP contribution in [0.3, 0.4) is 0 Å². The summed E-state index contributed by atoms with van der Waals surface area (Å²) in [5, 5.41) is 14.6. The largest absolute Gasteiger partial charge is 0.480 e. The minimum absolute atomic E-state index is 0.00508. The van der Waals surface area contributed by atoms with Gasteiger partial charge in [-0.15, -0.1) is 0 Å². The number of fused-ring (bicyclic) bond motifs is 1. The molecule has 1 aliphatic rings. The van der Waals surface area contributed by atoms with Gasteiger partial charge in [-0.05, 0) is 25.1 Å². The quantitative estimate of drug-likeness (QED) is 0.325. The Kier molecular flexibility index (Phi) is 7.38. The molecule has 0 atom stereocenters. The predicted molar refractivity (Wildman–Crippen MR) is 143 cm³/mol. The van der Waals surface area contributed by atoms with Crippen LogP contribution in [-0.2, 0) is 4.79 Å². The number of benzene rings is 1. The molecule has 4 heterocycles. The molecule has 0 aliphatic carbocycles. The number of carboxylic acid groups (broad SMARTS) is 1. The first kappa shape index (κ1) is 25.4. The van der Waals surface area contributed by atoms with E-state index in [4.69, 9.17) is 5.11 Å². The molecule has 0 bridgehead atoms. The number of carbonyl (C=O) groups is 2. The number of rotatable bonds is 7. The molecule has 0 saturated carbocycles. The Bertz CT molecular complexity index is 1460. The van der Waals surface area contributed by atoms with E-state index in [9.17, 15) is 9.59 Å². The zero-order valence-electron chi connectivity index (χ0n) is 20.5. The molecule has 1 aromatic carbocycles. The van der Waals surface area contributed by atoms with Gasteiger partial charge in [-0.25, -0.2) is 24.1 Å². The Balaban J connectivity index is 1.47.